The first-order valence-electron chi connectivity index (χ1n) is 8.87. The topological polar surface area (TPSA) is 46.3 Å². The molecule has 4 heteroatoms. The second kappa shape index (κ2) is 6.36. The molecule has 1 aliphatic rings. The fourth-order valence-electron chi connectivity index (χ4n) is 3.43. The first-order chi connectivity index (χ1) is 12.1. The van der Waals surface area contributed by atoms with Crippen molar-refractivity contribution in [3.05, 3.63) is 53.8 Å². The molecule has 0 bridgehead atoms. The average Bonchev–Trinajstić information content (AvgIpc) is 3.07. The second-order valence-corrected chi connectivity index (χ2v) is 6.96. The summed E-state index contributed by atoms with van der Waals surface area (Å²) in [5, 5.41) is 0.901. The van der Waals surface area contributed by atoms with Gasteiger partial charge in [0.2, 0.25) is 0 Å². The van der Waals surface area contributed by atoms with Crippen molar-refractivity contribution in [1.29, 1.82) is 0 Å². The van der Waals surface area contributed by atoms with Crippen molar-refractivity contribution in [2.24, 2.45) is 5.92 Å². The van der Waals surface area contributed by atoms with Gasteiger partial charge in [-0.25, -0.2) is 4.98 Å². The lowest BCUT2D eigenvalue weighted by Gasteiger charge is -2.30. The van der Waals surface area contributed by atoms with E-state index in [9.17, 15) is 4.79 Å². The molecular weight excluding hydrogens is 312 g/mol. The molecule has 0 saturated carbocycles. The van der Waals surface area contributed by atoms with Crippen molar-refractivity contribution in [2.45, 2.75) is 26.7 Å². The minimum atomic E-state index is 0.0926. The normalized spacial score (nSPS) is 15.7. The molecule has 0 N–H and O–H groups in total. The van der Waals surface area contributed by atoms with Crippen LogP contribution in [-0.2, 0) is 0 Å². The number of rotatable bonds is 2. The Morgan fingerprint density at radius 1 is 1.16 bits per heavy atom. The van der Waals surface area contributed by atoms with Gasteiger partial charge in [0.15, 0.2) is 5.76 Å². The van der Waals surface area contributed by atoms with E-state index < -0.39 is 0 Å². The highest BCUT2D eigenvalue weighted by molar-refractivity contribution is 6.07. The summed E-state index contributed by atoms with van der Waals surface area (Å²) in [7, 11) is 0. The summed E-state index contributed by atoms with van der Waals surface area (Å²) >= 11 is 0. The molecule has 1 saturated heterocycles. The third-order valence-electron chi connectivity index (χ3n) is 5.01. The standard InChI is InChI=1S/C21H22N2O2/c1-14-9-11-23(12-10-14)21(24)17-13-19(20-8-7-15(2)25-20)22-18-6-4-3-5-16(17)18/h3-8,13-14H,9-12H2,1-2H3. The van der Waals surface area contributed by atoms with Gasteiger partial charge in [-0.1, -0.05) is 25.1 Å². The van der Waals surface area contributed by atoms with Crippen molar-refractivity contribution >= 4 is 16.8 Å². The Morgan fingerprint density at radius 3 is 2.64 bits per heavy atom. The minimum absolute atomic E-state index is 0.0926. The number of benzene rings is 1. The molecule has 0 radical (unpaired) electrons. The molecule has 128 valence electrons. The van der Waals surface area contributed by atoms with Crippen molar-refractivity contribution in [2.75, 3.05) is 13.1 Å². The summed E-state index contributed by atoms with van der Waals surface area (Å²) < 4.78 is 5.73. The number of aromatic nitrogens is 1. The molecule has 4 rings (SSSR count). The Balaban J connectivity index is 1.80. The highest BCUT2D eigenvalue weighted by atomic mass is 16.3. The molecule has 3 heterocycles. The molecule has 0 spiro atoms. The van der Waals surface area contributed by atoms with E-state index in [1.807, 2.05) is 54.3 Å². The lowest BCUT2D eigenvalue weighted by molar-refractivity contribution is 0.0699. The number of furan rings is 1. The smallest absolute Gasteiger partial charge is 0.254 e. The summed E-state index contributed by atoms with van der Waals surface area (Å²) in [6.45, 7) is 5.81. The van der Waals surface area contributed by atoms with Crippen LogP contribution in [0, 0.1) is 12.8 Å². The van der Waals surface area contributed by atoms with Gasteiger partial charge in [0.25, 0.3) is 5.91 Å². The molecule has 0 aliphatic carbocycles. The van der Waals surface area contributed by atoms with Gasteiger partial charge in [0, 0.05) is 18.5 Å². The van der Waals surface area contributed by atoms with Gasteiger partial charge in [-0.3, -0.25) is 4.79 Å². The van der Waals surface area contributed by atoms with Crippen LogP contribution in [0.3, 0.4) is 0 Å². The van der Waals surface area contributed by atoms with Crippen molar-refractivity contribution in [3.8, 4) is 11.5 Å². The number of hydrogen-bond acceptors (Lipinski definition) is 3. The third kappa shape index (κ3) is 3.04. The van der Waals surface area contributed by atoms with Crippen LogP contribution in [0.5, 0.6) is 0 Å². The van der Waals surface area contributed by atoms with Crippen molar-refractivity contribution in [1.82, 2.24) is 9.88 Å². The number of para-hydroxylation sites is 1. The first kappa shape index (κ1) is 15.9. The van der Waals surface area contributed by atoms with E-state index in [-0.39, 0.29) is 5.91 Å². The zero-order valence-electron chi connectivity index (χ0n) is 14.7. The largest absolute Gasteiger partial charge is 0.460 e. The number of amides is 1. The number of piperidine rings is 1. The molecule has 25 heavy (non-hydrogen) atoms. The van der Waals surface area contributed by atoms with Gasteiger partial charge in [0.05, 0.1) is 11.1 Å². The van der Waals surface area contributed by atoms with Crippen LogP contribution < -0.4 is 0 Å². The highest BCUT2D eigenvalue weighted by Crippen LogP contribution is 2.28. The summed E-state index contributed by atoms with van der Waals surface area (Å²) in [6.07, 6.45) is 2.14. The number of carbonyl (C=O) groups is 1. The minimum Gasteiger partial charge on any atom is -0.460 e. The molecule has 0 atom stereocenters. The van der Waals surface area contributed by atoms with Crippen LogP contribution in [0.2, 0.25) is 0 Å². The molecule has 1 amide bonds. The fourth-order valence-corrected chi connectivity index (χ4v) is 3.43. The lowest BCUT2D eigenvalue weighted by Crippen LogP contribution is -2.38. The van der Waals surface area contributed by atoms with Gasteiger partial charge in [-0.15, -0.1) is 0 Å². The zero-order chi connectivity index (χ0) is 17.4. The molecule has 1 aromatic carbocycles. The zero-order valence-corrected chi connectivity index (χ0v) is 14.7. The van der Waals surface area contributed by atoms with Crippen LogP contribution in [0.25, 0.3) is 22.4 Å². The Bertz CT molecular complexity index is 921. The molecule has 0 unspecified atom stereocenters. The lowest BCUT2D eigenvalue weighted by atomic mass is 9.98. The SMILES string of the molecule is Cc1ccc(-c2cc(C(=O)N3CCC(C)CC3)c3ccccc3n2)o1. The van der Waals surface area contributed by atoms with Crippen LogP contribution >= 0.6 is 0 Å². The predicted molar refractivity (Wildman–Crippen MR) is 98.5 cm³/mol. The summed E-state index contributed by atoms with van der Waals surface area (Å²) in [6, 6.07) is 13.5. The summed E-state index contributed by atoms with van der Waals surface area (Å²) in [5.41, 5.74) is 2.24. The molecule has 1 fully saturated rings. The van der Waals surface area contributed by atoms with E-state index in [0.29, 0.717) is 22.9 Å². The first-order valence-corrected chi connectivity index (χ1v) is 8.87. The molecule has 2 aromatic heterocycles. The number of pyridine rings is 1. The fraction of sp³-hybridized carbons (Fsp3) is 0.333. The number of carbonyl (C=O) groups excluding carboxylic acids is 1. The monoisotopic (exact) mass is 334 g/mol. The van der Waals surface area contributed by atoms with E-state index >= 15 is 0 Å². The number of nitrogens with zero attached hydrogens (tertiary/aromatic N) is 2. The van der Waals surface area contributed by atoms with Gasteiger partial charge in [0.1, 0.15) is 11.5 Å². The maximum atomic E-state index is 13.2. The summed E-state index contributed by atoms with van der Waals surface area (Å²) in [4.78, 5) is 19.8. The van der Waals surface area contributed by atoms with E-state index in [1.54, 1.807) is 0 Å². The van der Waals surface area contributed by atoms with Gasteiger partial charge < -0.3 is 9.32 Å². The van der Waals surface area contributed by atoms with Gasteiger partial charge in [-0.05, 0) is 49.9 Å². The van der Waals surface area contributed by atoms with E-state index in [4.69, 9.17) is 9.40 Å². The Kier molecular flexibility index (Phi) is 4.04. The molecular formula is C21H22N2O2. The van der Waals surface area contributed by atoms with Crippen LogP contribution in [0.1, 0.15) is 35.9 Å². The van der Waals surface area contributed by atoms with Crippen LogP contribution in [0.15, 0.2) is 46.9 Å². The highest BCUT2D eigenvalue weighted by Gasteiger charge is 2.24. The Hall–Kier alpha value is -2.62. The maximum absolute atomic E-state index is 13.2. The Morgan fingerprint density at radius 2 is 1.92 bits per heavy atom. The third-order valence-corrected chi connectivity index (χ3v) is 5.01. The molecule has 1 aliphatic heterocycles. The number of fused-ring (bicyclic) bond motifs is 1. The number of aryl methyl sites for hydroxylation is 1. The Labute approximate surface area is 147 Å². The number of likely N-dealkylation sites (tertiary alicyclic amines) is 1. The molecule has 4 nitrogen and oxygen atoms in total. The summed E-state index contributed by atoms with van der Waals surface area (Å²) in [5.74, 6) is 2.32. The quantitative estimate of drug-likeness (QED) is 0.684. The van der Waals surface area contributed by atoms with Crippen LogP contribution in [-0.4, -0.2) is 28.9 Å². The van der Waals surface area contributed by atoms with E-state index in [1.165, 1.54) is 0 Å². The van der Waals surface area contributed by atoms with Gasteiger partial charge >= 0.3 is 0 Å². The molecule has 3 aromatic rings. The van der Waals surface area contributed by atoms with Crippen LogP contribution in [0.4, 0.5) is 0 Å². The predicted octanol–water partition coefficient (Wildman–Crippen LogP) is 4.68. The van der Waals surface area contributed by atoms with Gasteiger partial charge in [-0.2, -0.15) is 0 Å². The second-order valence-electron chi connectivity index (χ2n) is 6.96. The van der Waals surface area contributed by atoms with E-state index in [2.05, 4.69) is 6.92 Å². The maximum Gasteiger partial charge on any atom is 0.254 e. The number of hydrogen-bond donors (Lipinski definition) is 0. The average molecular weight is 334 g/mol. The van der Waals surface area contributed by atoms with Crippen molar-refractivity contribution in [3.63, 3.8) is 0 Å². The van der Waals surface area contributed by atoms with E-state index in [0.717, 1.165) is 42.6 Å². The van der Waals surface area contributed by atoms with Crippen molar-refractivity contribution < 1.29 is 9.21 Å².